The Bertz CT molecular complexity index is 1560. The van der Waals surface area contributed by atoms with Crippen LogP contribution in [0.25, 0.3) is 10.9 Å². The molecule has 4 aromatic rings. The van der Waals surface area contributed by atoms with Crippen molar-refractivity contribution in [3.8, 4) is 0 Å². The molecule has 7 N–H and O–H groups in total. The predicted octanol–water partition coefficient (Wildman–Crippen LogP) is 2.07. The number of H-pyrrole nitrogens is 1. The number of benzene rings is 2. The number of nitrogens with two attached hydrogens (primary N) is 1. The number of amidine groups is 1. The number of carbonyl (C=O) groups excluding carboxylic acids is 4. The minimum absolute atomic E-state index is 0.0701. The number of Topliss-reactive ketones (excluding diaryl/α,β-unsaturated/α-hetero) is 1. The van der Waals surface area contributed by atoms with Gasteiger partial charge in [-0.15, -0.1) is 11.3 Å². The van der Waals surface area contributed by atoms with Gasteiger partial charge in [0.15, 0.2) is 5.01 Å². The average molecular weight is 574 g/mol. The number of nitrogen functional groups attached to an aromatic ring is 1. The second-order valence-electron chi connectivity index (χ2n) is 9.35. The molecule has 0 saturated carbocycles. The summed E-state index contributed by atoms with van der Waals surface area (Å²) >= 11 is 1.18. The van der Waals surface area contributed by atoms with Crippen molar-refractivity contribution in [2.45, 2.75) is 38.3 Å². The number of amides is 3. The Balaban J connectivity index is 1.46. The van der Waals surface area contributed by atoms with Crippen LogP contribution in [0.5, 0.6) is 0 Å². The van der Waals surface area contributed by atoms with Gasteiger partial charge < -0.3 is 26.7 Å². The molecule has 41 heavy (non-hydrogen) atoms. The Kier molecular flexibility index (Phi) is 9.59. The lowest BCUT2D eigenvalue weighted by Gasteiger charge is -2.20. The summed E-state index contributed by atoms with van der Waals surface area (Å²) in [4.78, 5) is 58.8. The topological polar surface area (TPSA) is 183 Å². The number of nitrogens with one attached hydrogen (secondary N) is 5. The fourth-order valence-electron chi connectivity index (χ4n) is 4.45. The number of ketones is 1. The number of rotatable bonds is 13. The molecule has 2 atom stereocenters. The molecule has 0 fully saturated rings. The summed E-state index contributed by atoms with van der Waals surface area (Å²) in [5.41, 5.74) is 8.51. The molecule has 0 radical (unpaired) electrons. The highest BCUT2D eigenvalue weighted by atomic mass is 32.1. The molecule has 0 aliphatic rings. The van der Waals surface area contributed by atoms with Crippen LogP contribution in [0.2, 0.25) is 0 Å². The van der Waals surface area contributed by atoms with Crippen LogP contribution in [-0.4, -0.2) is 57.9 Å². The number of carbonyl (C=O) groups is 4. The lowest BCUT2D eigenvalue weighted by atomic mass is 9.99. The molecule has 0 aliphatic carbocycles. The van der Waals surface area contributed by atoms with Crippen LogP contribution in [-0.2, 0) is 27.2 Å². The van der Waals surface area contributed by atoms with Crippen molar-refractivity contribution >= 4 is 51.6 Å². The maximum atomic E-state index is 13.3. The minimum Gasteiger partial charge on any atom is -0.384 e. The summed E-state index contributed by atoms with van der Waals surface area (Å²) in [6.07, 6.45) is 3.78. The Labute approximate surface area is 240 Å². The van der Waals surface area contributed by atoms with Crippen molar-refractivity contribution in [3.63, 3.8) is 0 Å². The van der Waals surface area contributed by atoms with Gasteiger partial charge in [0.2, 0.25) is 23.5 Å². The summed E-state index contributed by atoms with van der Waals surface area (Å²) in [7, 11) is 0. The second kappa shape index (κ2) is 13.5. The first kappa shape index (κ1) is 29.2. The van der Waals surface area contributed by atoms with E-state index in [4.69, 9.17) is 11.1 Å². The van der Waals surface area contributed by atoms with E-state index in [1.807, 2.05) is 24.3 Å². The molecule has 4 rings (SSSR count). The zero-order valence-electron chi connectivity index (χ0n) is 22.4. The number of hydrogen-bond acceptors (Lipinski definition) is 7. The standard InChI is InChI=1S/C29H31N7O4S/c1-2-24(37)36-23(13-17-7-3-4-9-20(17)27(30)31)28(40)34-16-25(38)35-22(26(39)29-32-11-12-41-29)14-18-15-33-21-10-6-5-8-19(18)21/h3-12,15,22-23,33H,2,13-14,16H2,1H3,(H3,30,31)(H,34,40)(H,35,38)(H,36,37). The third-order valence-corrected chi connectivity index (χ3v) is 7.31. The molecule has 0 bridgehead atoms. The Morgan fingerprint density at radius 2 is 1.68 bits per heavy atom. The third kappa shape index (κ3) is 7.42. The van der Waals surface area contributed by atoms with Crippen LogP contribution in [0, 0.1) is 5.41 Å². The van der Waals surface area contributed by atoms with Gasteiger partial charge in [-0.05, 0) is 17.2 Å². The molecule has 11 nitrogen and oxygen atoms in total. The van der Waals surface area contributed by atoms with E-state index in [-0.39, 0.29) is 41.8 Å². The van der Waals surface area contributed by atoms with Crippen molar-refractivity contribution in [2.75, 3.05) is 6.54 Å². The molecule has 2 aromatic heterocycles. The number of aromatic amines is 1. The highest BCUT2D eigenvalue weighted by molar-refractivity contribution is 7.11. The molecule has 0 aliphatic heterocycles. The highest BCUT2D eigenvalue weighted by Crippen LogP contribution is 2.20. The molecule has 212 valence electrons. The van der Waals surface area contributed by atoms with E-state index >= 15 is 0 Å². The van der Waals surface area contributed by atoms with Crippen LogP contribution >= 0.6 is 11.3 Å². The van der Waals surface area contributed by atoms with Gasteiger partial charge in [0.1, 0.15) is 11.9 Å². The van der Waals surface area contributed by atoms with Gasteiger partial charge in [0.05, 0.1) is 12.6 Å². The minimum atomic E-state index is -1.00. The second-order valence-corrected chi connectivity index (χ2v) is 10.2. The average Bonchev–Trinajstić information content (AvgIpc) is 3.66. The van der Waals surface area contributed by atoms with Gasteiger partial charge in [0.25, 0.3) is 0 Å². The van der Waals surface area contributed by atoms with E-state index in [1.54, 1.807) is 42.8 Å². The number of hydrogen-bond donors (Lipinski definition) is 6. The van der Waals surface area contributed by atoms with Crippen LogP contribution in [0.15, 0.2) is 66.3 Å². The number of nitrogens with zero attached hydrogens (tertiary/aromatic N) is 1. The summed E-state index contributed by atoms with van der Waals surface area (Å²) in [5, 5.41) is 18.7. The number of fused-ring (bicyclic) bond motifs is 1. The predicted molar refractivity (Wildman–Crippen MR) is 157 cm³/mol. The van der Waals surface area contributed by atoms with E-state index in [0.29, 0.717) is 11.1 Å². The van der Waals surface area contributed by atoms with Crippen LogP contribution < -0.4 is 21.7 Å². The maximum Gasteiger partial charge on any atom is 0.243 e. The Morgan fingerprint density at radius 3 is 2.41 bits per heavy atom. The van der Waals surface area contributed by atoms with Gasteiger partial charge in [-0.3, -0.25) is 24.6 Å². The van der Waals surface area contributed by atoms with Crippen LogP contribution in [0.3, 0.4) is 0 Å². The van der Waals surface area contributed by atoms with E-state index in [0.717, 1.165) is 16.5 Å². The van der Waals surface area contributed by atoms with Gasteiger partial charge in [-0.25, -0.2) is 4.98 Å². The Hall–Kier alpha value is -4.84. The number of para-hydroxylation sites is 1. The summed E-state index contributed by atoms with van der Waals surface area (Å²) < 4.78 is 0. The molecular formula is C29H31N7O4S. The molecule has 2 aromatic carbocycles. The molecule has 2 heterocycles. The smallest absolute Gasteiger partial charge is 0.243 e. The van der Waals surface area contributed by atoms with Crippen LogP contribution in [0.4, 0.5) is 0 Å². The van der Waals surface area contributed by atoms with Gasteiger partial charge in [0, 0.05) is 53.5 Å². The number of thiazole rings is 1. The van der Waals surface area contributed by atoms with E-state index in [1.165, 1.54) is 17.5 Å². The third-order valence-electron chi connectivity index (χ3n) is 6.52. The highest BCUT2D eigenvalue weighted by Gasteiger charge is 2.27. The van der Waals surface area contributed by atoms with Crippen molar-refractivity contribution in [3.05, 3.63) is 88.0 Å². The van der Waals surface area contributed by atoms with E-state index < -0.39 is 30.4 Å². The quantitative estimate of drug-likeness (QED) is 0.0808. The van der Waals surface area contributed by atoms with Gasteiger partial charge in [-0.2, -0.15) is 0 Å². The lowest BCUT2D eigenvalue weighted by molar-refractivity contribution is -0.130. The van der Waals surface area contributed by atoms with Crippen molar-refractivity contribution in [1.82, 2.24) is 25.9 Å². The van der Waals surface area contributed by atoms with Crippen molar-refractivity contribution < 1.29 is 19.2 Å². The molecule has 0 spiro atoms. The molecule has 2 unspecified atom stereocenters. The molecular weight excluding hydrogens is 542 g/mol. The van der Waals surface area contributed by atoms with E-state index in [9.17, 15) is 19.2 Å². The Morgan fingerprint density at radius 1 is 0.976 bits per heavy atom. The van der Waals surface area contributed by atoms with Gasteiger partial charge >= 0.3 is 0 Å². The van der Waals surface area contributed by atoms with Crippen molar-refractivity contribution in [2.24, 2.45) is 5.73 Å². The first-order chi connectivity index (χ1) is 19.8. The van der Waals surface area contributed by atoms with Crippen LogP contribution in [0.1, 0.15) is 39.8 Å². The van der Waals surface area contributed by atoms with Gasteiger partial charge in [-0.1, -0.05) is 49.4 Å². The SMILES string of the molecule is CCC(=O)NC(Cc1ccccc1C(=N)N)C(=O)NCC(=O)NC(Cc1c[nH]c2ccccc12)C(=O)c1nccs1. The summed E-state index contributed by atoms with van der Waals surface area (Å²) in [5.74, 6) is -1.99. The zero-order valence-corrected chi connectivity index (χ0v) is 23.2. The fraction of sp³-hybridized carbons (Fsp3) is 0.241. The fourth-order valence-corrected chi connectivity index (χ4v) is 5.08. The summed E-state index contributed by atoms with van der Waals surface area (Å²) in [6.45, 7) is 1.25. The first-order valence-corrected chi connectivity index (χ1v) is 13.9. The summed E-state index contributed by atoms with van der Waals surface area (Å²) in [6, 6.07) is 12.6. The molecule has 3 amide bonds. The first-order valence-electron chi connectivity index (χ1n) is 13.0. The van der Waals surface area contributed by atoms with Crippen molar-refractivity contribution in [1.29, 1.82) is 5.41 Å². The maximum absolute atomic E-state index is 13.3. The lowest BCUT2D eigenvalue weighted by Crippen LogP contribution is -2.51. The molecule has 0 saturated heterocycles. The molecule has 12 heteroatoms. The number of aromatic nitrogens is 2. The monoisotopic (exact) mass is 573 g/mol. The normalized spacial score (nSPS) is 12.3. The van der Waals surface area contributed by atoms with E-state index in [2.05, 4.69) is 25.9 Å². The largest absolute Gasteiger partial charge is 0.384 e. The zero-order chi connectivity index (χ0) is 29.4.